The lowest BCUT2D eigenvalue weighted by atomic mass is 10.2. The Bertz CT molecular complexity index is 856. The first-order chi connectivity index (χ1) is 12.1. The molecule has 0 unspecified atom stereocenters. The molecule has 7 heteroatoms. The molecule has 1 saturated heterocycles. The molecule has 1 aliphatic carbocycles. The van der Waals surface area contributed by atoms with Crippen molar-refractivity contribution in [3.63, 3.8) is 0 Å². The van der Waals surface area contributed by atoms with Gasteiger partial charge in [-0.3, -0.25) is 14.2 Å². The van der Waals surface area contributed by atoms with E-state index in [1.54, 1.807) is 4.57 Å². The molecular weight excluding hydrogens is 338 g/mol. The van der Waals surface area contributed by atoms with Crippen LogP contribution >= 0.6 is 11.8 Å². The average Bonchev–Trinajstić information content (AvgIpc) is 3.47. The zero-order valence-electron chi connectivity index (χ0n) is 14.2. The van der Waals surface area contributed by atoms with Crippen molar-refractivity contribution >= 4 is 28.6 Å². The molecule has 1 amide bonds. The van der Waals surface area contributed by atoms with Crippen LogP contribution in [-0.2, 0) is 9.53 Å². The predicted octanol–water partition coefficient (Wildman–Crippen LogP) is 2.07. The van der Waals surface area contributed by atoms with E-state index in [2.05, 4.69) is 0 Å². The molecule has 2 fully saturated rings. The van der Waals surface area contributed by atoms with Crippen LogP contribution in [0.2, 0.25) is 0 Å². The maximum Gasteiger partial charge on any atom is 0.262 e. The first-order valence-corrected chi connectivity index (χ1v) is 9.57. The van der Waals surface area contributed by atoms with Crippen molar-refractivity contribution in [2.24, 2.45) is 0 Å². The van der Waals surface area contributed by atoms with Gasteiger partial charge in [-0.15, -0.1) is 0 Å². The minimum absolute atomic E-state index is 0.00150. The molecule has 132 valence electrons. The first kappa shape index (κ1) is 16.6. The molecule has 2 aliphatic rings. The molecule has 2 heterocycles. The van der Waals surface area contributed by atoms with Gasteiger partial charge >= 0.3 is 0 Å². The van der Waals surface area contributed by atoms with Crippen LogP contribution in [0.25, 0.3) is 10.9 Å². The number of ether oxygens (including phenoxy) is 1. The molecule has 1 saturated carbocycles. The molecule has 6 nitrogen and oxygen atoms in total. The van der Waals surface area contributed by atoms with Crippen molar-refractivity contribution in [3.05, 3.63) is 34.6 Å². The summed E-state index contributed by atoms with van der Waals surface area (Å²) >= 11 is 1.39. The van der Waals surface area contributed by atoms with Gasteiger partial charge in [0.2, 0.25) is 5.91 Å². The number of amides is 1. The standard InChI is InChI=1S/C18H21N3O3S/c1-12(16(22)20-8-10-24-11-9-20)25-18-19-15-5-3-2-4-14(15)17(23)21(18)13-6-7-13/h2-5,12-13H,6-11H2,1H3/t12-/m0/s1. The number of hydrogen-bond acceptors (Lipinski definition) is 5. The summed E-state index contributed by atoms with van der Waals surface area (Å²) < 4.78 is 7.10. The van der Waals surface area contributed by atoms with E-state index < -0.39 is 0 Å². The highest BCUT2D eigenvalue weighted by Crippen LogP contribution is 2.37. The number of para-hydroxylation sites is 1. The topological polar surface area (TPSA) is 64.4 Å². The normalized spacial score (nSPS) is 19.2. The number of carbonyl (C=O) groups excluding carboxylic acids is 1. The number of benzene rings is 1. The third kappa shape index (κ3) is 3.30. The Morgan fingerprint density at radius 1 is 1.28 bits per heavy atom. The Kier molecular flexibility index (Phi) is 4.52. The molecule has 1 atom stereocenters. The number of nitrogens with zero attached hydrogens (tertiary/aromatic N) is 3. The van der Waals surface area contributed by atoms with Crippen LogP contribution in [0.1, 0.15) is 25.8 Å². The highest BCUT2D eigenvalue weighted by Gasteiger charge is 2.31. The Morgan fingerprint density at radius 2 is 2.00 bits per heavy atom. The lowest BCUT2D eigenvalue weighted by Gasteiger charge is -2.29. The minimum atomic E-state index is -0.281. The van der Waals surface area contributed by atoms with Crippen LogP contribution in [0.3, 0.4) is 0 Å². The van der Waals surface area contributed by atoms with E-state index in [1.165, 1.54) is 11.8 Å². The van der Waals surface area contributed by atoms with Gasteiger partial charge in [0.25, 0.3) is 5.56 Å². The molecule has 0 spiro atoms. The second-order valence-corrected chi connectivity index (χ2v) is 7.82. The maximum atomic E-state index is 12.9. The van der Waals surface area contributed by atoms with Crippen molar-refractivity contribution in [1.29, 1.82) is 0 Å². The smallest absolute Gasteiger partial charge is 0.262 e. The van der Waals surface area contributed by atoms with Gasteiger partial charge in [0.05, 0.1) is 29.4 Å². The van der Waals surface area contributed by atoms with E-state index in [4.69, 9.17) is 9.72 Å². The van der Waals surface area contributed by atoms with Crippen LogP contribution in [0.5, 0.6) is 0 Å². The number of thioether (sulfide) groups is 1. The van der Waals surface area contributed by atoms with Gasteiger partial charge in [0.1, 0.15) is 0 Å². The van der Waals surface area contributed by atoms with Crippen LogP contribution in [-0.4, -0.2) is 51.9 Å². The van der Waals surface area contributed by atoms with Gasteiger partial charge in [-0.2, -0.15) is 0 Å². The Labute approximate surface area is 150 Å². The Balaban J connectivity index is 1.65. The molecule has 0 bridgehead atoms. The summed E-state index contributed by atoms with van der Waals surface area (Å²) in [4.78, 5) is 32.1. The number of aromatic nitrogens is 2. The van der Waals surface area contributed by atoms with Gasteiger partial charge in [0, 0.05) is 19.1 Å². The van der Waals surface area contributed by atoms with Crippen LogP contribution in [0.4, 0.5) is 0 Å². The summed E-state index contributed by atoms with van der Waals surface area (Å²) in [5, 5.41) is 1.02. The monoisotopic (exact) mass is 359 g/mol. The molecule has 25 heavy (non-hydrogen) atoms. The van der Waals surface area contributed by atoms with E-state index >= 15 is 0 Å². The van der Waals surface area contributed by atoms with Gasteiger partial charge in [-0.25, -0.2) is 4.98 Å². The van der Waals surface area contributed by atoms with E-state index in [1.807, 2.05) is 36.1 Å². The highest BCUT2D eigenvalue weighted by atomic mass is 32.2. The van der Waals surface area contributed by atoms with Crippen molar-refractivity contribution < 1.29 is 9.53 Å². The third-order valence-electron chi connectivity index (χ3n) is 4.64. The van der Waals surface area contributed by atoms with Crippen LogP contribution in [0, 0.1) is 0 Å². The third-order valence-corrected chi connectivity index (χ3v) is 5.69. The van der Waals surface area contributed by atoms with E-state index in [-0.39, 0.29) is 22.8 Å². The van der Waals surface area contributed by atoms with Gasteiger partial charge < -0.3 is 9.64 Å². The fourth-order valence-electron chi connectivity index (χ4n) is 3.11. The summed E-state index contributed by atoms with van der Waals surface area (Å²) in [6, 6.07) is 7.64. The Hall–Kier alpha value is -1.86. The van der Waals surface area contributed by atoms with Gasteiger partial charge in [-0.05, 0) is 31.9 Å². The summed E-state index contributed by atoms with van der Waals surface area (Å²) in [6.45, 7) is 4.32. The van der Waals surface area contributed by atoms with Crippen molar-refractivity contribution in [2.45, 2.75) is 36.2 Å². The zero-order valence-corrected chi connectivity index (χ0v) is 15.0. The largest absolute Gasteiger partial charge is 0.378 e. The molecule has 1 aromatic carbocycles. The van der Waals surface area contributed by atoms with E-state index in [9.17, 15) is 9.59 Å². The van der Waals surface area contributed by atoms with E-state index in [0.29, 0.717) is 42.4 Å². The number of hydrogen-bond donors (Lipinski definition) is 0. The molecule has 0 radical (unpaired) electrons. The van der Waals surface area contributed by atoms with Crippen LogP contribution < -0.4 is 5.56 Å². The summed E-state index contributed by atoms with van der Waals surface area (Å²) in [5.74, 6) is 0.0815. The molecule has 1 aromatic heterocycles. The number of fused-ring (bicyclic) bond motifs is 1. The first-order valence-electron chi connectivity index (χ1n) is 8.69. The SMILES string of the molecule is C[C@H](Sc1nc2ccccc2c(=O)n1C1CC1)C(=O)N1CCOCC1. The lowest BCUT2D eigenvalue weighted by molar-refractivity contribution is -0.134. The van der Waals surface area contributed by atoms with Gasteiger partial charge in [0.15, 0.2) is 5.16 Å². The quantitative estimate of drug-likeness (QED) is 0.618. The summed E-state index contributed by atoms with van der Waals surface area (Å²) in [7, 11) is 0. The molecule has 2 aromatic rings. The highest BCUT2D eigenvalue weighted by molar-refractivity contribution is 8.00. The predicted molar refractivity (Wildman–Crippen MR) is 97.0 cm³/mol. The summed E-state index contributed by atoms with van der Waals surface area (Å²) in [6.07, 6.45) is 2.00. The van der Waals surface area contributed by atoms with Gasteiger partial charge in [-0.1, -0.05) is 23.9 Å². The average molecular weight is 359 g/mol. The number of carbonyl (C=O) groups is 1. The molecule has 4 rings (SSSR count). The molecular formula is C18H21N3O3S. The minimum Gasteiger partial charge on any atom is -0.378 e. The second-order valence-electron chi connectivity index (χ2n) is 6.52. The van der Waals surface area contributed by atoms with Crippen molar-refractivity contribution in [3.8, 4) is 0 Å². The van der Waals surface area contributed by atoms with Crippen molar-refractivity contribution in [1.82, 2.24) is 14.5 Å². The molecule has 1 aliphatic heterocycles. The second kappa shape index (κ2) is 6.80. The van der Waals surface area contributed by atoms with Crippen LogP contribution in [0.15, 0.2) is 34.2 Å². The Morgan fingerprint density at radius 3 is 2.72 bits per heavy atom. The lowest BCUT2D eigenvalue weighted by Crippen LogP contribution is -2.44. The molecule has 0 N–H and O–H groups in total. The number of morpholine rings is 1. The van der Waals surface area contributed by atoms with E-state index in [0.717, 1.165) is 12.8 Å². The van der Waals surface area contributed by atoms with Crippen molar-refractivity contribution in [2.75, 3.05) is 26.3 Å². The fraction of sp³-hybridized carbons (Fsp3) is 0.500. The fourth-order valence-corrected chi connectivity index (χ4v) is 4.18. The summed E-state index contributed by atoms with van der Waals surface area (Å²) in [5.41, 5.74) is 0.694. The maximum absolute atomic E-state index is 12.9. The number of rotatable bonds is 4. The zero-order chi connectivity index (χ0) is 17.4.